The number of nitrogens with one attached hydrogen (secondary N) is 1. The summed E-state index contributed by atoms with van der Waals surface area (Å²) in [6.45, 7) is 2.94. The molecule has 24 heavy (non-hydrogen) atoms. The first-order chi connectivity index (χ1) is 11.5. The van der Waals surface area contributed by atoms with E-state index in [9.17, 15) is 13.2 Å². The largest absolute Gasteiger partial charge is 0.274 e. The molecule has 1 fully saturated rings. The second-order valence-electron chi connectivity index (χ2n) is 6.36. The summed E-state index contributed by atoms with van der Waals surface area (Å²) < 4.78 is 27.2. The SMILES string of the molecule is CCONC(=O)C1CCN(S(=O)(=O)c2ccc3c(c2)CCC3)CC1. The van der Waals surface area contributed by atoms with E-state index in [1.54, 1.807) is 13.0 Å². The van der Waals surface area contributed by atoms with Gasteiger partial charge in [-0.1, -0.05) is 6.07 Å². The zero-order chi connectivity index (χ0) is 17.2. The second kappa shape index (κ2) is 7.21. The molecular formula is C17H24N2O4S. The van der Waals surface area contributed by atoms with Gasteiger partial charge in [0.15, 0.2) is 0 Å². The van der Waals surface area contributed by atoms with Gasteiger partial charge in [-0.05, 0) is 62.3 Å². The summed E-state index contributed by atoms with van der Waals surface area (Å²) in [4.78, 5) is 17.2. The van der Waals surface area contributed by atoms with Crippen LogP contribution in [0.4, 0.5) is 0 Å². The van der Waals surface area contributed by atoms with Gasteiger partial charge in [-0.15, -0.1) is 0 Å². The number of aryl methyl sites for hydroxylation is 2. The zero-order valence-corrected chi connectivity index (χ0v) is 14.8. The molecule has 1 aliphatic carbocycles. The van der Waals surface area contributed by atoms with Crippen LogP contribution in [0.1, 0.15) is 37.3 Å². The maximum absolute atomic E-state index is 12.8. The van der Waals surface area contributed by atoms with Crippen molar-refractivity contribution < 1.29 is 18.0 Å². The first kappa shape index (κ1) is 17.4. The highest BCUT2D eigenvalue weighted by Gasteiger charge is 2.32. The topological polar surface area (TPSA) is 75.7 Å². The number of nitrogens with zero attached hydrogens (tertiary/aromatic N) is 1. The number of hydrogen-bond donors (Lipinski definition) is 1. The highest BCUT2D eigenvalue weighted by Crippen LogP contribution is 2.28. The number of sulfonamides is 1. The second-order valence-corrected chi connectivity index (χ2v) is 8.30. The van der Waals surface area contributed by atoms with Crippen molar-refractivity contribution in [1.82, 2.24) is 9.79 Å². The van der Waals surface area contributed by atoms with E-state index >= 15 is 0 Å². The lowest BCUT2D eigenvalue weighted by Gasteiger charge is -2.30. The first-order valence-corrected chi connectivity index (χ1v) is 10.00. The monoisotopic (exact) mass is 352 g/mol. The average molecular weight is 352 g/mol. The molecule has 0 aromatic heterocycles. The van der Waals surface area contributed by atoms with Crippen LogP contribution >= 0.6 is 0 Å². The Kier molecular flexibility index (Phi) is 5.22. The molecule has 1 aromatic rings. The van der Waals surface area contributed by atoms with Crippen molar-refractivity contribution in [2.75, 3.05) is 19.7 Å². The molecule has 0 unspecified atom stereocenters. The summed E-state index contributed by atoms with van der Waals surface area (Å²) >= 11 is 0. The van der Waals surface area contributed by atoms with Gasteiger partial charge in [0.2, 0.25) is 15.9 Å². The van der Waals surface area contributed by atoms with E-state index in [2.05, 4.69) is 5.48 Å². The Morgan fingerprint density at radius 1 is 1.25 bits per heavy atom. The van der Waals surface area contributed by atoms with Crippen LogP contribution in [-0.4, -0.2) is 38.3 Å². The quantitative estimate of drug-likeness (QED) is 0.818. The van der Waals surface area contributed by atoms with Gasteiger partial charge in [-0.3, -0.25) is 9.63 Å². The Bertz CT molecular complexity index is 709. The fourth-order valence-electron chi connectivity index (χ4n) is 3.44. The van der Waals surface area contributed by atoms with Crippen LogP contribution in [0.3, 0.4) is 0 Å². The van der Waals surface area contributed by atoms with Crippen molar-refractivity contribution in [2.45, 2.75) is 43.9 Å². The number of piperidine rings is 1. The van der Waals surface area contributed by atoms with Crippen molar-refractivity contribution in [2.24, 2.45) is 5.92 Å². The summed E-state index contributed by atoms with van der Waals surface area (Å²) in [5.74, 6) is -0.352. The van der Waals surface area contributed by atoms with Gasteiger partial charge < -0.3 is 0 Å². The normalized spacial score (nSPS) is 19.2. The molecule has 1 heterocycles. The van der Waals surface area contributed by atoms with Crippen LogP contribution in [0.25, 0.3) is 0 Å². The van der Waals surface area contributed by atoms with E-state index in [0.29, 0.717) is 37.4 Å². The van der Waals surface area contributed by atoms with Gasteiger partial charge >= 0.3 is 0 Å². The number of hydroxylamine groups is 1. The molecule has 1 saturated heterocycles. The summed E-state index contributed by atoms with van der Waals surface area (Å²) in [7, 11) is -3.48. The molecule has 0 bridgehead atoms. The van der Waals surface area contributed by atoms with Gasteiger partial charge in [-0.2, -0.15) is 4.31 Å². The lowest BCUT2D eigenvalue weighted by atomic mass is 9.98. The first-order valence-electron chi connectivity index (χ1n) is 8.56. The number of amides is 1. The lowest BCUT2D eigenvalue weighted by Crippen LogP contribution is -2.43. The number of benzene rings is 1. The smallest absolute Gasteiger partial charge is 0.246 e. The maximum Gasteiger partial charge on any atom is 0.246 e. The fraction of sp³-hybridized carbons (Fsp3) is 0.588. The van der Waals surface area contributed by atoms with Crippen molar-refractivity contribution >= 4 is 15.9 Å². The molecule has 2 aliphatic rings. The third-order valence-electron chi connectivity index (χ3n) is 4.85. The van der Waals surface area contributed by atoms with E-state index in [0.717, 1.165) is 24.8 Å². The number of hydrogen-bond acceptors (Lipinski definition) is 4. The maximum atomic E-state index is 12.8. The Labute approximate surface area is 143 Å². The predicted molar refractivity (Wildman–Crippen MR) is 89.7 cm³/mol. The summed E-state index contributed by atoms with van der Waals surface area (Å²) in [6, 6.07) is 5.48. The highest BCUT2D eigenvalue weighted by molar-refractivity contribution is 7.89. The Balaban J connectivity index is 1.66. The van der Waals surface area contributed by atoms with Crippen molar-refractivity contribution in [1.29, 1.82) is 0 Å². The van der Waals surface area contributed by atoms with Crippen molar-refractivity contribution in [3.05, 3.63) is 29.3 Å². The van der Waals surface area contributed by atoms with E-state index in [-0.39, 0.29) is 11.8 Å². The third kappa shape index (κ3) is 3.48. The van der Waals surface area contributed by atoms with Crippen LogP contribution in [0.15, 0.2) is 23.1 Å². The molecule has 0 saturated carbocycles. The minimum Gasteiger partial charge on any atom is -0.274 e. The van der Waals surface area contributed by atoms with Gasteiger partial charge in [0, 0.05) is 19.0 Å². The van der Waals surface area contributed by atoms with E-state index in [1.165, 1.54) is 9.87 Å². The molecule has 1 amide bonds. The van der Waals surface area contributed by atoms with Crippen LogP contribution in [-0.2, 0) is 32.5 Å². The number of carbonyl (C=O) groups excluding carboxylic acids is 1. The van der Waals surface area contributed by atoms with Crippen molar-refractivity contribution in [3.63, 3.8) is 0 Å². The molecule has 6 nitrogen and oxygen atoms in total. The molecule has 1 aliphatic heterocycles. The van der Waals surface area contributed by atoms with Gasteiger partial charge in [-0.25, -0.2) is 13.9 Å². The zero-order valence-electron chi connectivity index (χ0n) is 14.0. The molecule has 0 radical (unpaired) electrons. The molecule has 132 valence electrons. The summed E-state index contributed by atoms with van der Waals surface area (Å²) in [5, 5.41) is 0. The number of carbonyl (C=O) groups is 1. The highest BCUT2D eigenvalue weighted by atomic mass is 32.2. The van der Waals surface area contributed by atoms with Crippen LogP contribution in [0, 0.1) is 5.92 Å². The van der Waals surface area contributed by atoms with E-state index in [1.807, 2.05) is 12.1 Å². The summed E-state index contributed by atoms with van der Waals surface area (Å²) in [6.07, 6.45) is 4.12. The third-order valence-corrected chi connectivity index (χ3v) is 6.74. The molecule has 3 rings (SSSR count). The molecule has 7 heteroatoms. The average Bonchev–Trinajstić information content (AvgIpc) is 3.07. The van der Waals surface area contributed by atoms with Crippen LogP contribution in [0.5, 0.6) is 0 Å². The van der Waals surface area contributed by atoms with Gasteiger partial charge in [0.05, 0.1) is 11.5 Å². The molecule has 0 atom stereocenters. The van der Waals surface area contributed by atoms with Gasteiger partial charge in [0.1, 0.15) is 0 Å². The number of rotatable bonds is 5. The minimum atomic E-state index is -3.48. The predicted octanol–water partition coefficient (Wildman–Crippen LogP) is 1.64. The van der Waals surface area contributed by atoms with Crippen LogP contribution in [0.2, 0.25) is 0 Å². The number of fused-ring (bicyclic) bond motifs is 1. The lowest BCUT2D eigenvalue weighted by molar-refractivity contribution is -0.138. The molecular weight excluding hydrogens is 328 g/mol. The molecule has 1 N–H and O–H groups in total. The van der Waals surface area contributed by atoms with Gasteiger partial charge in [0.25, 0.3) is 0 Å². The Hall–Kier alpha value is -1.44. The standard InChI is InChI=1S/C17H24N2O4S/c1-2-23-18-17(20)14-8-10-19(11-9-14)24(21,22)16-7-6-13-4-3-5-15(13)12-16/h6-7,12,14H,2-5,8-11H2,1H3,(H,18,20). The Morgan fingerprint density at radius 2 is 1.96 bits per heavy atom. The van der Waals surface area contributed by atoms with Crippen LogP contribution < -0.4 is 5.48 Å². The van der Waals surface area contributed by atoms with E-state index in [4.69, 9.17) is 4.84 Å². The fourth-order valence-corrected chi connectivity index (χ4v) is 4.96. The van der Waals surface area contributed by atoms with E-state index < -0.39 is 10.0 Å². The molecule has 1 aromatic carbocycles. The summed E-state index contributed by atoms with van der Waals surface area (Å²) in [5.41, 5.74) is 4.83. The minimum absolute atomic E-state index is 0.161. The van der Waals surface area contributed by atoms with Crippen molar-refractivity contribution in [3.8, 4) is 0 Å². The Morgan fingerprint density at radius 3 is 2.67 bits per heavy atom. The molecule has 0 spiro atoms.